The van der Waals surface area contributed by atoms with E-state index in [1.165, 1.54) is 6.92 Å². The molecule has 0 fully saturated rings. The lowest BCUT2D eigenvalue weighted by Gasteiger charge is -2.08. The van der Waals surface area contributed by atoms with Gasteiger partial charge in [0.05, 0.1) is 6.61 Å². The van der Waals surface area contributed by atoms with Crippen molar-refractivity contribution in [2.24, 2.45) is 0 Å². The molecule has 11 heteroatoms. The summed E-state index contributed by atoms with van der Waals surface area (Å²) in [5, 5.41) is 2.30. The first kappa shape index (κ1) is 21.0. The van der Waals surface area contributed by atoms with Crippen LogP contribution in [0.2, 0.25) is 5.02 Å². The maximum absolute atomic E-state index is 13.0. The summed E-state index contributed by atoms with van der Waals surface area (Å²) in [7, 11) is 0. The van der Waals surface area contributed by atoms with Gasteiger partial charge in [-0.1, -0.05) is 22.9 Å². The number of halogens is 4. The zero-order valence-electron chi connectivity index (χ0n) is 14.1. The van der Waals surface area contributed by atoms with E-state index in [-0.39, 0.29) is 11.7 Å². The van der Waals surface area contributed by atoms with Crippen molar-refractivity contribution < 1.29 is 32.2 Å². The molecule has 0 unspecified atom stereocenters. The first-order valence-electron chi connectivity index (χ1n) is 7.55. The Morgan fingerprint density at radius 1 is 1.33 bits per heavy atom. The summed E-state index contributed by atoms with van der Waals surface area (Å²) in [5.41, 5.74) is -0.718. The molecule has 0 aliphatic heterocycles. The van der Waals surface area contributed by atoms with Crippen molar-refractivity contribution in [3.8, 4) is 5.75 Å². The third-order valence-corrected chi connectivity index (χ3v) is 4.28. The molecule has 1 amide bonds. The fourth-order valence-electron chi connectivity index (χ4n) is 1.97. The summed E-state index contributed by atoms with van der Waals surface area (Å²) in [6.45, 7) is 2.63. The van der Waals surface area contributed by atoms with E-state index in [4.69, 9.17) is 16.3 Å². The standard InChI is InChI=1S/C16H14ClF3N2O4S/c1-3-25-14(24)12-13(16(18,19)20)22-15(27-12)21-11(23)7-26-10-5-4-9(17)6-8(10)2/h4-6H,3,7H2,1-2H3,(H,21,22,23). The number of esters is 1. The predicted octanol–water partition coefficient (Wildman–Crippen LogP) is 4.32. The number of rotatable bonds is 6. The summed E-state index contributed by atoms with van der Waals surface area (Å²) in [5.74, 6) is -1.49. The number of amides is 1. The molecule has 0 bridgehead atoms. The second-order valence-electron chi connectivity index (χ2n) is 5.16. The minimum atomic E-state index is -4.86. The minimum absolute atomic E-state index is 0.0932. The maximum atomic E-state index is 13.0. The Balaban J connectivity index is 2.09. The molecular formula is C16H14ClF3N2O4S. The molecule has 1 N–H and O–H groups in total. The van der Waals surface area contributed by atoms with Crippen LogP contribution in [0.3, 0.4) is 0 Å². The molecule has 0 aliphatic carbocycles. The van der Waals surface area contributed by atoms with E-state index in [0.717, 1.165) is 0 Å². The molecule has 27 heavy (non-hydrogen) atoms. The van der Waals surface area contributed by atoms with E-state index >= 15 is 0 Å². The Kier molecular flexibility index (Phi) is 6.66. The van der Waals surface area contributed by atoms with Crippen LogP contribution in [-0.4, -0.2) is 30.1 Å². The van der Waals surface area contributed by atoms with Crippen molar-refractivity contribution in [3.05, 3.63) is 39.4 Å². The lowest BCUT2D eigenvalue weighted by molar-refractivity contribution is -0.141. The van der Waals surface area contributed by atoms with Gasteiger partial charge >= 0.3 is 12.1 Å². The molecule has 1 aromatic heterocycles. The molecule has 2 aromatic rings. The fraction of sp³-hybridized carbons (Fsp3) is 0.312. The van der Waals surface area contributed by atoms with Crippen LogP contribution < -0.4 is 10.1 Å². The average molecular weight is 423 g/mol. The quantitative estimate of drug-likeness (QED) is 0.701. The number of carbonyl (C=O) groups excluding carboxylic acids is 2. The second kappa shape index (κ2) is 8.57. The smallest absolute Gasteiger partial charge is 0.435 e. The summed E-state index contributed by atoms with van der Waals surface area (Å²) in [4.78, 5) is 26.2. The normalized spacial score (nSPS) is 11.2. The Morgan fingerprint density at radius 2 is 2.04 bits per heavy atom. The van der Waals surface area contributed by atoms with Gasteiger partial charge in [-0.15, -0.1) is 0 Å². The van der Waals surface area contributed by atoms with Crippen LogP contribution in [0.25, 0.3) is 0 Å². The van der Waals surface area contributed by atoms with Gasteiger partial charge in [-0.05, 0) is 37.6 Å². The highest BCUT2D eigenvalue weighted by Crippen LogP contribution is 2.36. The van der Waals surface area contributed by atoms with E-state index < -0.39 is 35.2 Å². The van der Waals surface area contributed by atoms with Gasteiger partial charge in [-0.2, -0.15) is 13.2 Å². The molecule has 0 aliphatic rings. The molecule has 1 heterocycles. The van der Waals surface area contributed by atoms with E-state index in [9.17, 15) is 22.8 Å². The monoisotopic (exact) mass is 422 g/mol. The molecule has 0 saturated heterocycles. The molecule has 0 spiro atoms. The number of benzene rings is 1. The highest BCUT2D eigenvalue weighted by Gasteiger charge is 2.40. The van der Waals surface area contributed by atoms with Crippen molar-refractivity contribution in [2.75, 3.05) is 18.5 Å². The van der Waals surface area contributed by atoms with Crippen LogP contribution in [0.5, 0.6) is 5.75 Å². The molecule has 1 aromatic carbocycles. The van der Waals surface area contributed by atoms with Crippen molar-refractivity contribution in [3.63, 3.8) is 0 Å². The average Bonchev–Trinajstić information content (AvgIpc) is 2.98. The number of hydrogen-bond donors (Lipinski definition) is 1. The third kappa shape index (κ3) is 5.57. The zero-order valence-corrected chi connectivity index (χ0v) is 15.7. The summed E-state index contributed by atoms with van der Waals surface area (Å²) < 4.78 is 49.0. The molecule has 0 atom stereocenters. The number of nitrogens with zero attached hydrogens (tertiary/aromatic N) is 1. The predicted molar refractivity (Wildman–Crippen MR) is 93.4 cm³/mol. The maximum Gasteiger partial charge on any atom is 0.435 e. The summed E-state index contributed by atoms with van der Waals surface area (Å²) >= 11 is 6.20. The number of carbonyl (C=O) groups is 2. The first-order valence-corrected chi connectivity index (χ1v) is 8.75. The molecule has 0 saturated carbocycles. The van der Waals surface area contributed by atoms with Crippen LogP contribution >= 0.6 is 22.9 Å². The number of aryl methyl sites for hydroxylation is 1. The van der Waals surface area contributed by atoms with Crippen molar-refractivity contribution in [2.45, 2.75) is 20.0 Å². The Hall–Kier alpha value is -2.33. The number of alkyl halides is 3. The Bertz CT molecular complexity index is 855. The number of nitrogens with one attached hydrogen (secondary N) is 1. The highest BCUT2D eigenvalue weighted by molar-refractivity contribution is 7.17. The van der Waals surface area contributed by atoms with Gasteiger partial charge in [-0.3, -0.25) is 10.1 Å². The van der Waals surface area contributed by atoms with Crippen LogP contribution in [0, 0.1) is 6.92 Å². The van der Waals surface area contributed by atoms with Crippen molar-refractivity contribution in [1.29, 1.82) is 0 Å². The molecule has 6 nitrogen and oxygen atoms in total. The van der Waals surface area contributed by atoms with Gasteiger partial charge in [0.15, 0.2) is 17.4 Å². The van der Waals surface area contributed by atoms with Crippen molar-refractivity contribution >= 4 is 39.9 Å². The van der Waals surface area contributed by atoms with Crippen LogP contribution in [0.1, 0.15) is 27.9 Å². The highest BCUT2D eigenvalue weighted by atomic mass is 35.5. The number of hydrogen-bond acceptors (Lipinski definition) is 6. The number of ether oxygens (including phenoxy) is 2. The lowest BCUT2D eigenvalue weighted by atomic mass is 10.2. The van der Waals surface area contributed by atoms with Gasteiger partial charge < -0.3 is 9.47 Å². The van der Waals surface area contributed by atoms with E-state index in [1.54, 1.807) is 25.1 Å². The van der Waals surface area contributed by atoms with E-state index in [2.05, 4.69) is 15.0 Å². The summed E-state index contributed by atoms with van der Waals surface area (Å²) in [6.07, 6.45) is -4.86. The van der Waals surface area contributed by atoms with Crippen LogP contribution in [-0.2, 0) is 15.7 Å². The molecular weight excluding hydrogens is 409 g/mol. The largest absolute Gasteiger partial charge is 0.483 e. The summed E-state index contributed by atoms with van der Waals surface area (Å²) in [6, 6.07) is 4.77. The third-order valence-electron chi connectivity index (χ3n) is 3.10. The fourth-order valence-corrected chi connectivity index (χ4v) is 3.10. The van der Waals surface area contributed by atoms with Gasteiger partial charge in [0.2, 0.25) is 0 Å². The van der Waals surface area contributed by atoms with Gasteiger partial charge in [-0.25, -0.2) is 9.78 Å². The minimum Gasteiger partial charge on any atom is -0.483 e. The Morgan fingerprint density at radius 3 is 2.63 bits per heavy atom. The molecule has 0 radical (unpaired) electrons. The van der Waals surface area contributed by atoms with E-state index in [1.807, 2.05) is 0 Å². The van der Waals surface area contributed by atoms with Crippen LogP contribution in [0.15, 0.2) is 18.2 Å². The van der Waals surface area contributed by atoms with Crippen molar-refractivity contribution in [1.82, 2.24) is 4.98 Å². The zero-order chi connectivity index (χ0) is 20.2. The SMILES string of the molecule is CCOC(=O)c1sc(NC(=O)COc2ccc(Cl)cc2C)nc1C(F)(F)F. The number of anilines is 1. The Labute approximate surface area is 161 Å². The van der Waals surface area contributed by atoms with E-state index in [0.29, 0.717) is 27.7 Å². The number of aromatic nitrogens is 1. The molecule has 2 rings (SSSR count). The van der Waals surface area contributed by atoms with Gasteiger partial charge in [0.1, 0.15) is 10.6 Å². The lowest BCUT2D eigenvalue weighted by Crippen LogP contribution is -2.20. The molecule has 146 valence electrons. The first-order chi connectivity index (χ1) is 12.6. The topological polar surface area (TPSA) is 77.5 Å². The van der Waals surface area contributed by atoms with Gasteiger partial charge in [0.25, 0.3) is 5.91 Å². The van der Waals surface area contributed by atoms with Crippen LogP contribution in [0.4, 0.5) is 18.3 Å². The van der Waals surface area contributed by atoms with Gasteiger partial charge in [0, 0.05) is 5.02 Å². The number of thiazole rings is 1. The second-order valence-corrected chi connectivity index (χ2v) is 6.60.